The average molecular weight is 179 g/mol. The summed E-state index contributed by atoms with van der Waals surface area (Å²) in [7, 11) is 0. The predicted octanol–water partition coefficient (Wildman–Crippen LogP) is 1.61. The first-order valence-corrected chi connectivity index (χ1v) is 4.29. The van der Waals surface area contributed by atoms with Crippen LogP contribution in [-0.4, -0.2) is 17.6 Å². The summed E-state index contributed by atoms with van der Waals surface area (Å²) in [4.78, 5) is 15.1. The maximum Gasteiger partial charge on any atom is 0.320 e. The van der Waals surface area contributed by atoms with E-state index in [4.69, 9.17) is 0 Å². The molecule has 0 saturated carbocycles. The third-order valence-corrected chi connectivity index (χ3v) is 1.44. The van der Waals surface area contributed by atoms with E-state index in [1.165, 1.54) is 0 Å². The molecule has 0 aliphatic carbocycles. The molecule has 4 nitrogen and oxygen atoms in total. The first-order chi connectivity index (χ1) is 6.33. The van der Waals surface area contributed by atoms with Crippen molar-refractivity contribution in [3.8, 4) is 0 Å². The van der Waals surface area contributed by atoms with E-state index in [1.807, 2.05) is 13.0 Å². The normalized spacial score (nSPS) is 9.31. The van der Waals surface area contributed by atoms with Crippen LogP contribution in [0.1, 0.15) is 13.3 Å². The van der Waals surface area contributed by atoms with Crippen molar-refractivity contribution < 1.29 is 4.79 Å². The molecular weight excluding hydrogens is 166 g/mol. The van der Waals surface area contributed by atoms with E-state index in [9.17, 15) is 4.79 Å². The van der Waals surface area contributed by atoms with Gasteiger partial charge < -0.3 is 5.32 Å². The van der Waals surface area contributed by atoms with Gasteiger partial charge in [-0.3, -0.25) is 5.32 Å². The van der Waals surface area contributed by atoms with Gasteiger partial charge in [0.2, 0.25) is 0 Å². The van der Waals surface area contributed by atoms with E-state index in [2.05, 4.69) is 15.6 Å². The quantitative estimate of drug-likeness (QED) is 0.740. The third-order valence-electron chi connectivity index (χ3n) is 1.44. The molecule has 0 aliphatic heterocycles. The topological polar surface area (TPSA) is 54.0 Å². The van der Waals surface area contributed by atoms with Crippen LogP contribution in [0.4, 0.5) is 10.6 Å². The van der Waals surface area contributed by atoms with Crippen molar-refractivity contribution in [1.29, 1.82) is 0 Å². The van der Waals surface area contributed by atoms with Crippen molar-refractivity contribution in [3.63, 3.8) is 0 Å². The summed E-state index contributed by atoms with van der Waals surface area (Å²) in [5, 5.41) is 5.31. The Morgan fingerprint density at radius 2 is 2.38 bits per heavy atom. The van der Waals surface area contributed by atoms with E-state index in [0.29, 0.717) is 12.4 Å². The number of carbonyl (C=O) groups excluding carboxylic acids is 1. The van der Waals surface area contributed by atoms with Crippen molar-refractivity contribution in [3.05, 3.63) is 24.4 Å². The molecule has 1 aromatic heterocycles. The molecule has 13 heavy (non-hydrogen) atoms. The first kappa shape index (κ1) is 9.51. The smallest absolute Gasteiger partial charge is 0.320 e. The number of anilines is 1. The minimum atomic E-state index is -0.208. The lowest BCUT2D eigenvalue weighted by atomic mass is 10.4. The number of aromatic nitrogens is 1. The summed E-state index contributed by atoms with van der Waals surface area (Å²) in [6.07, 6.45) is 2.56. The summed E-state index contributed by atoms with van der Waals surface area (Å²) >= 11 is 0. The molecule has 4 heteroatoms. The molecule has 0 aromatic carbocycles. The zero-order valence-corrected chi connectivity index (χ0v) is 7.58. The van der Waals surface area contributed by atoms with Crippen LogP contribution in [0.15, 0.2) is 24.4 Å². The van der Waals surface area contributed by atoms with Crippen molar-refractivity contribution in [1.82, 2.24) is 10.3 Å². The Balaban J connectivity index is 2.37. The highest BCUT2D eigenvalue weighted by molar-refractivity contribution is 5.88. The van der Waals surface area contributed by atoms with Crippen molar-refractivity contribution in [2.75, 3.05) is 11.9 Å². The van der Waals surface area contributed by atoms with Crippen LogP contribution in [-0.2, 0) is 0 Å². The Morgan fingerprint density at radius 3 is 3.00 bits per heavy atom. The summed E-state index contributed by atoms with van der Waals surface area (Å²) in [5.74, 6) is 0.566. The number of hydrogen-bond donors (Lipinski definition) is 2. The summed E-state index contributed by atoms with van der Waals surface area (Å²) < 4.78 is 0. The predicted molar refractivity (Wildman–Crippen MR) is 51.5 cm³/mol. The SMILES string of the molecule is CCCNC(=O)Nc1ccccn1. The van der Waals surface area contributed by atoms with Crippen LogP contribution >= 0.6 is 0 Å². The molecule has 0 fully saturated rings. The number of amides is 2. The van der Waals surface area contributed by atoms with Crippen molar-refractivity contribution in [2.24, 2.45) is 0 Å². The van der Waals surface area contributed by atoms with Crippen LogP contribution in [0.3, 0.4) is 0 Å². The van der Waals surface area contributed by atoms with Crippen LogP contribution in [0.5, 0.6) is 0 Å². The zero-order chi connectivity index (χ0) is 9.52. The van der Waals surface area contributed by atoms with E-state index in [0.717, 1.165) is 6.42 Å². The van der Waals surface area contributed by atoms with E-state index in [-0.39, 0.29) is 6.03 Å². The molecule has 0 aliphatic rings. The maximum absolute atomic E-state index is 11.1. The molecule has 70 valence electrons. The molecule has 0 saturated heterocycles. The molecule has 0 bridgehead atoms. The van der Waals surface area contributed by atoms with Gasteiger partial charge in [-0.1, -0.05) is 13.0 Å². The highest BCUT2D eigenvalue weighted by Gasteiger charge is 1.98. The van der Waals surface area contributed by atoms with Gasteiger partial charge in [-0.15, -0.1) is 0 Å². The lowest BCUT2D eigenvalue weighted by molar-refractivity contribution is 0.252. The lowest BCUT2D eigenvalue weighted by Gasteiger charge is -2.04. The van der Waals surface area contributed by atoms with Gasteiger partial charge in [0.05, 0.1) is 0 Å². The number of urea groups is 1. The third kappa shape index (κ3) is 3.55. The molecule has 0 spiro atoms. The highest BCUT2D eigenvalue weighted by atomic mass is 16.2. The average Bonchev–Trinajstić information content (AvgIpc) is 2.16. The second-order valence-corrected chi connectivity index (χ2v) is 2.60. The fourth-order valence-corrected chi connectivity index (χ4v) is 0.836. The van der Waals surface area contributed by atoms with Gasteiger partial charge in [0.1, 0.15) is 5.82 Å². The molecule has 2 N–H and O–H groups in total. The fourth-order valence-electron chi connectivity index (χ4n) is 0.836. The first-order valence-electron chi connectivity index (χ1n) is 4.29. The van der Waals surface area contributed by atoms with Crippen LogP contribution in [0, 0.1) is 0 Å². The van der Waals surface area contributed by atoms with Gasteiger partial charge in [-0.25, -0.2) is 9.78 Å². The fraction of sp³-hybridized carbons (Fsp3) is 0.333. The molecule has 1 aromatic rings. The molecule has 0 unspecified atom stereocenters. The van der Waals surface area contributed by atoms with Gasteiger partial charge in [-0.05, 0) is 18.6 Å². The maximum atomic E-state index is 11.1. The molecule has 0 atom stereocenters. The molecular formula is C9H13N3O. The Bertz CT molecular complexity index is 261. The molecule has 1 rings (SSSR count). The van der Waals surface area contributed by atoms with Gasteiger partial charge >= 0.3 is 6.03 Å². The molecule has 0 radical (unpaired) electrons. The number of hydrogen-bond acceptors (Lipinski definition) is 2. The van der Waals surface area contributed by atoms with Gasteiger partial charge in [0.25, 0.3) is 0 Å². The van der Waals surface area contributed by atoms with E-state index >= 15 is 0 Å². The Kier molecular flexibility index (Phi) is 3.75. The van der Waals surface area contributed by atoms with Gasteiger partial charge in [0, 0.05) is 12.7 Å². The molecule has 2 amide bonds. The second kappa shape index (κ2) is 5.13. The van der Waals surface area contributed by atoms with Crippen molar-refractivity contribution >= 4 is 11.8 Å². The number of carbonyl (C=O) groups is 1. The van der Waals surface area contributed by atoms with Gasteiger partial charge in [-0.2, -0.15) is 0 Å². The Labute approximate surface area is 77.4 Å². The minimum Gasteiger partial charge on any atom is -0.338 e. The lowest BCUT2D eigenvalue weighted by Crippen LogP contribution is -2.29. The highest BCUT2D eigenvalue weighted by Crippen LogP contribution is 1.98. The van der Waals surface area contributed by atoms with Crippen LogP contribution < -0.4 is 10.6 Å². The van der Waals surface area contributed by atoms with Crippen LogP contribution in [0.25, 0.3) is 0 Å². The van der Waals surface area contributed by atoms with E-state index < -0.39 is 0 Å². The van der Waals surface area contributed by atoms with Crippen LogP contribution in [0.2, 0.25) is 0 Å². The summed E-state index contributed by atoms with van der Waals surface area (Å²) in [6.45, 7) is 2.68. The van der Waals surface area contributed by atoms with Gasteiger partial charge in [0.15, 0.2) is 0 Å². The van der Waals surface area contributed by atoms with Crippen molar-refractivity contribution in [2.45, 2.75) is 13.3 Å². The Hall–Kier alpha value is -1.58. The standard InChI is InChI=1S/C9H13N3O/c1-2-6-11-9(13)12-8-5-3-4-7-10-8/h3-5,7H,2,6H2,1H3,(H2,10,11,12,13). The monoisotopic (exact) mass is 179 g/mol. The largest absolute Gasteiger partial charge is 0.338 e. The number of nitrogens with one attached hydrogen (secondary N) is 2. The summed E-state index contributed by atoms with van der Waals surface area (Å²) in [5.41, 5.74) is 0. The minimum absolute atomic E-state index is 0.208. The van der Waals surface area contributed by atoms with E-state index in [1.54, 1.807) is 18.3 Å². The zero-order valence-electron chi connectivity index (χ0n) is 7.58. The summed E-state index contributed by atoms with van der Waals surface area (Å²) in [6, 6.07) is 5.16. The number of rotatable bonds is 3. The number of pyridine rings is 1. The number of nitrogens with zero attached hydrogens (tertiary/aromatic N) is 1. The second-order valence-electron chi connectivity index (χ2n) is 2.60. The molecule has 1 heterocycles. The Morgan fingerprint density at radius 1 is 1.54 bits per heavy atom.